The molecule has 0 aromatic rings. The molecule has 0 radical (unpaired) electrons. The Bertz CT molecular complexity index is 136. The molecule has 110 valence electrons. The number of rotatable bonds is 15. The lowest BCUT2D eigenvalue weighted by Gasteiger charge is -2.04. The zero-order valence-electron chi connectivity index (χ0n) is 11.0. The van der Waals surface area contributed by atoms with Crippen molar-refractivity contribution in [3.63, 3.8) is 0 Å². The number of thioether (sulfide) groups is 2. The standard InChI is InChI=1S/C11H24O4S3/c1-2-3-7-16-10-5-13-6-11-17-8-4-9-18-15-14-12/h12H,2-11H2,1H3. The van der Waals surface area contributed by atoms with Gasteiger partial charge in [-0.1, -0.05) is 18.4 Å². The molecule has 7 heteroatoms. The molecule has 18 heavy (non-hydrogen) atoms. The third-order valence-electron chi connectivity index (χ3n) is 1.98. The van der Waals surface area contributed by atoms with Crippen molar-refractivity contribution < 1.29 is 19.4 Å². The van der Waals surface area contributed by atoms with Gasteiger partial charge in [0.15, 0.2) is 0 Å². The first-order valence-corrected chi connectivity index (χ1v) is 9.46. The van der Waals surface area contributed by atoms with E-state index in [0.29, 0.717) is 0 Å². The number of hydrogen-bond donors (Lipinski definition) is 1. The lowest BCUT2D eigenvalue weighted by Crippen LogP contribution is -2.02. The normalized spacial score (nSPS) is 11.0. The van der Waals surface area contributed by atoms with Crippen LogP contribution in [-0.2, 0) is 14.1 Å². The minimum absolute atomic E-state index is 0.822. The molecule has 0 aromatic carbocycles. The van der Waals surface area contributed by atoms with E-state index in [4.69, 9.17) is 9.99 Å². The van der Waals surface area contributed by atoms with Crippen LogP contribution in [0, 0.1) is 0 Å². The highest BCUT2D eigenvalue weighted by Crippen LogP contribution is 2.09. The minimum atomic E-state index is 0.822. The fourth-order valence-corrected chi connectivity index (χ4v) is 3.34. The molecule has 0 rings (SSSR count). The first-order valence-electron chi connectivity index (χ1n) is 6.24. The van der Waals surface area contributed by atoms with Crippen LogP contribution in [0.15, 0.2) is 0 Å². The van der Waals surface area contributed by atoms with E-state index in [-0.39, 0.29) is 0 Å². The Morgan fingerprint density at radius 3 is 2.17 bits per heavy atom. The lowest BCUT2D eigenvalue weighted by molar-refractivity contribution is -0.432. The fraction of sp³-hybridized carbons (Fsp3) is 1.00. The number of hydrogen-bond acceptors (Lipinski definition) is 7. The molecule has 0 heterocycles. The SMILES string of the molecule is CCCCSCCOCCSCCCSOOO. The summed E-state index contributed by atoms with van der Waals surface area (Å²) in [5, 5.41) is 11.4. The zero-order valence-corrected chi connectivity index (χ0v) is 13.4. The van der Waals surface area contributed by atoms with E-state index >= 15 is 0 Å². The van der Waals surface area contributed by atoms with Crippen molar-refractivity contribution in [1.82, 2.24) is 0 Å². The van der Waals surface area contributed by atoms with Crippen LogP contribution in [0.2, 0.25) is 0 Å². The Labute approximate surface area is 123 Å². The smallest absolute Gasteiger partial charge is 0.0557 e. The molecule has 4 nitrogen and oxygen atoms in total. The molecule has 0 saturated heterocycles. The average molecular weight is 317 g/mol. The monoisotopic (exact) mass is 316 g/mol. The zero-order chi connectivity index (χ0) is 13.3. The van der Waals surface area contributed by atoms with Gasteiger partial charge < -0.3 is 4.74 Å². The van der Waals surface area contributed by atoms with Crippen LogP contribution < -0.4 is 0 Å². The summed E-state index contributed by atoms with van der Waals surface area (Å²) >= 11 is 4.97. The summed E-state index contributed by atoms with van der Waals surface area (Å²) in [6, 6.07) is 0. The van der Waals surface area contributed by atoms with E-state index in [2.05, 4.69) is 16.3 Å². The molecule has 0 bridgehead atoms. The summed E-state index contributed by atoms with van der Waals surface area (Å²) in [4.78, 5) is 0. The van der Waals surface area contributed by atoms with Crippen molar-refractivity contribution in [2.24, 2.45) is 0 Å². The maximum Gasteiger partial charge on any atom is 0.0557 e. The quantitative estimate of drug-likeness (QED) is 0.214. The predicted octanol–water partition coefficient (Wildman–Crippen LogP) is 3.73. The third kappa shape index (κ3) is 16.9. The lowest BCUT2D eigenvalue weighted by atomic mass is 10.4. The average Bonchev–Trinajstić information content (AvgIpc) is 2.39. The second-order valence-corrected chi connectivity index (χ2v) is 6.74. The molecule has 0 aromatic heterocycles. The van der Waals surface area contributed by atoms with E-state index in [1.54, 1.807) is 0 Å². The van der Waals surface area contributed by atoms with Crippen LogP contribution in [0.25, 0.3) is 0 Å². The minimum Gasteiger partial charge on any atom is -0.380 e. The summed E-state index contributed by atoms with van der Waals surface area (Å²) in [5.74, 6) is 5.31. The summed E-state index contributed by atoms with van der Waals surface area (Å²) < 4.78 is 9.80. The largest absolute Gasteiger partial charge is 0.380 e. The van der Waals surface area contributed by atoms with Crippen LogP contribution in [0.4, 0.5) is 0 Å². The highest BCUT2D eigenvalue weighted by Gasteiger charge is 1.94. The first kappa shape index (κ1) is 18.9. The molecule has 0 aliphatic rings. The molecule has 0 saturated carbocycles. The van der Waals surface area contributed by atoms with Crippen molar-refractivity contribution in [2.45, 2.75) is 26.2 Å². The van der Waals surface area contributed by atoms with Gasteiger partial charge in [0.1, 0.15) is 0 Å². The van der Waals surface area contributed by atoms with Crippen molar-refractivity contribution in [3.8, 4) is 0 Å². The van der Waals surface area contributed by atoms with Gasteiger partial charge in [-0.2, -0.15) is 23.5 Å². The molecular formula is C11H24O4S3. The van der Waals surface area contributed by atoms with Gasteiger partial charge >= 0.3 is 0 Å². The van der Waals surface area contributed by atoms with Crippen LogP contribution in [0.3, 0.4) is 0 Å². The molecule has 0 fully saturated rings. The van der Waals surface area contributed by atoms with Crippen LogP contribution in [-0.4, -0.2) is 47.2 Å². The summed E-state index contributed by atoms with van der Waals surface area (Å²) in [6.07, 6.45) is 3.62. The van der Waals surface area contributed by atoms with Gasteiger partial charge in [0.25, 0.3) is 0 Å². The molecule has 0 aliphatic heterocycles. The predicted molar refractivity (Wildman–Crippen MR) is 82.3 cm³/mol. The van der Waals surface area contributed by atoms with Gasteiger partial charge in [-0.25, -0.2) is 5.26 Å². The van der Waals surface area contributed by atoms with Gasteiger partial charge in [0, 0.05) is 29.3 Å². The van der Waals surface area contributed by atoms with E-state index in [1.165, 1.54) is 18.6 Å². The Balaban J connectivity index is 2.86. The Kier molecular flexibility index (Phi) is 18.8. The van der Waals surface area contributed by atoms with Gasteiger partial charge in [-0.15, -0.1) is 4.33 Å². The maximum atomic E-state index is 7.89. The molecule has 0 aliphatic carbocycles. The molecule has 1 N–H and O–H groups in total. The van der Waals surface area contributed by atoms with E-state index < -0.39 is 0 Å². The van der Waals surface area contributed by atoms with Crippen LogP contribution in [0.5, 0.6) is 0 Å². The van der Waals surface area contributed by atoms with E-state index in [0.717, 1.165) is 54.7 Å². The maximum absolute atomic E-state index is 7.89. The summed E-state index contributed by atoms with van der Waals surface area (Å²) in [7, 11) is 0. The topological polar surface area (TPSA) is 47.9 Å². The summed E-state index contributed by atoms with van der Waals surface area (Å²) in [6.45, 7) is 3.92. The highest BCUT2D eigenvalue weighted by molar-refractivity contribution is 7.99. The Hall–Kier alpha value is 0.890. The van der Waals surface area contributed by atoms with Gasteiger partial charge in [-0.3, -0.25) is 0 Å². The molecule has 0 spiro atoms. The molecular weight excluding hydrogens is 292 g/mol. The molecule has 0 unspecified atom stereocenters. The van der Waals surface area contributed by atoms with Crippen LogP contribution in [0.1, 0.15) is 26.2 Å². The van der Waals surface area contributed by atoms with Crippen molar-refractivity contribution in [2.75, 3.05) is 42.0 Å². The van der Waals surface area contributed by atoms with Crippen molar-refractivity contribution in [1.29, 1.82) is 0 Å². The van der Waals surface area contributed by atoms with E-state index in [9.17, 15) is 0 Å². The Morgan fingerprint density at radius 2 is 1.56 bits per heavy atom. The second kappa shape index (κ2) is 17.9. The van der Waals surface area contributed by atoms with Gasteiger partial charge in [0.05, 0.1) is 13.2 Å². The number of unbranched alkanes of at least 4 members (excludes halogenated alkanes) is 1. The second-order valence-electron chi connectivity index (χ2n) is 3.51. The third-order valence-corrected chi connectivity index (χ3v) is 4.66. The van der Waals surface area contributed by atoms with Crippen molar-refractivity contribution in [3.05, 3.63) is 0 Å². The summed E-state index contributed by atoms with van der Waals surface area (Å²) in [5.41, 5.74) is 0. The van der Waals surface area contributed by atoms with Gasteiger partial charge in [0.2, 0.25) is 0 Å². The van der Waals surface area contributed by atoms with Gasteiger partial charge in [-0.05, 0) is 24.3 Å². The molecule has 0 amide bonds. The Morgan fingerprint density at radius 1 is 0.889 bits per heavy atom. The number of ether oxygens (including phenoxy) is 1. The van der Waals surface area contributed by atoms with Crippen molar-refractivity contribution >= 4 is 35.6 Å². The molecule has 0 atom stereocenters. The van der Waals surface area contributed by atoms with E-state index in [1.807, 2.05) is 23.5 Å². The first-order chi connectivity index (χ1) is 8.91. The van der Waals surface area contributed by atoms with Crippen LogP contribution >= 0.6 is 35.6 Å². The fourth-order valence-electron chi connectivity index (χ4n) is 1.06. The highest BCUT2D eigenvalue weighted by atomic mass is 32.2.